The SMILES string of the molecule is CC(C)C1(CN2CCC3CCCCC32)CCNC1. The molecule has 0 aromatic heterocycles. The second-order valence-corrected chi connectivity index (χ2v) is 7.31. The van der Waals surface area contributed by atoms with Crippen LogP contribution in [0.25, 0.3) is 0 Å². The van der Waals surface area contributed by atoms with Gasteiger partial charge in [0.1, 0.15) is 0 Å². The fourth-order valence-electron chi connectivity index (χ4n) is 4.68. The Morgan fingerprint density at radius 3 is 2.78 bits per heavy atom. The van der Waals surface area contributed by atoms with E-state index >= 15 is 0 Å². The molecule has 1 aliphatic carbocycles. The number of fused-ring (bicyclic) bond motifs is 1. The minimum absolute atomic E-state index is 0.562. The third kappa shape index (κ3) is 2.22. The van der Waals surface area contributed by atoms with Gasteiger partial charge in [-0.1, -0.05) is 26.7 Å². The Bertz CT molecular complexity index is 281. The Kier molecular flexibility index (Phi) is 3.68. The molecule has 3 fully saturated rings. The lowest BCUT2D eigenvalue weighted by atomic mass is 9.75. The number of hydrogen-bond acceptors (Lipinski definition) is 2. The average molecular weight is 250 g/mol. The molecule has 2 aliphatic heterocycles. The van der Waals surface area contributed by atoms with Crippen molar-refractivity contribution in [1.29, 1.82) is 0 Å². The first kappa shape index (κ1) is 12.9. The lowest BCUT2D eigenvalue weighted by Gasteiger charge is -2.40. The number of rotatable bonds is 3. The highest BCUT2D eigenvalue weighted by atomic mass is 15.2. The fourth-order valence-corrected chi connectivity index (χ4v) is 4.68. The second kappa shape index (κ2) is 5.13. The van der Waals surface area contributed by atoms with Gasteiger partial charge in [-0.2, -0.15) is 0 Å². The maximum absolute atomic E-state index is 3.61. The fraction of sp³-hybridized carbons (Fsp3) is 1.00. The van der Waals surface area contributed by atoms with Gasteiger partial charge in [-0.05, 0) is 56.0 Å². The van der Waals surface area contributed by atoms with Crippen molar-refractivity contribution in [3.8, 4) is 0 Å². The summed E-state index contributed by atoms with van der Waals surface area (Å²) < 4.78 is 0. The molecule has 2 heterocycles. The van der Waals surface area contributed by atoms with E-state index in [2.05, 4.69) is 24.1 Å². The van der Waals surface area contributed by atoms with Crippen LogP contribution in [0.5, 0.6) is 0 Å². The van der Waals surface area contributed by atoms with E-state index in [1.54, 1.807) is 0 Å². The molecule has 0 radical (unpaired) electrons. The molecule has 0 aromatic carbocycles. The Balaban J connectivity index is 1.68. The summed E-state index contributed by atoms with van der Waals surface area (Å²) in [6.45, 7) is 10.1. The van der Waals surface area contributed by atoms with Crippen LogP contribution in [0.1, 0.15) is 52.4 Å². The van der Waals surface area contributed by atoms with Crippen LogP contribution in [-0.4, -0.2) is 37.1 Å². The molecule has 3 unspecified atom stereocenters. The van der Waals surface area contributed by atoms with Crippen LogP contribution in [0.15, 0.2) is 0 Å². The van der Waals surface area contributed by atoms with Crippen molar-refractivity contribution in [3.63, 3.8) is 0 Å². The van der Waals surface area contributed by atoms with Crippen molar-refractivity contribution in [2.75, 3.05) is 26.2 Å². The highest BCUT2D eigenvalue weighted by molar-refractivity contribution is 4.97. The molecule has 3 atom stereocenters. The van der Waals surface area contributed by atoms with E-state index in [9.17, 15) is 0 Å². The molecular formula is C16H30N2. The molecule has 2 heteroatoms. The largest absolute Gasteiger partial charge is 0.316 e. The second-order valence-electron chi connectivity index (χ2n) is 7.31. The summed E-state index contributed by atoms with van der Waals surface area (Å²) in [6.07, 6.45) is 8.82. The van der Waals surface area contributed by atoms with Crippen molar-refractivity contribution >= 4 is 0 Å². The normalized spacial score (nSPS) is 41.5. The summed E-state index contributed by atoms with van der Waals surface area (Å²) in [6, 6.07) is 0.940. The van der Waals surface area contributed by atoms with Crippen molar-refractivity contribution in [1.82, 2.24) is 10.2 Å². The van der Waals surface area contributed by atoms with E-state index in [-0.39, 0.29) is 0 Å². The van der Waals surface area contributed by atoms with Crippen molar-refractivity contribution in [2.24, 2.45) is 17.3 Å². The summed E-state index contributed by atoms with van der Waals surface area (Å²) in [5, 5.41) is 3.61. The molecule has 0 spiro atoms. The monoisotopic (exact) mass is 250 g/mol. The predicted octanol–water partition coefficient (Wildman–Crippen LogP) is 2.89. The van der Waals surface area contributed by atoms with E-state index in [1.165, 1.54) is 64.7 Å². The third-order valence-corrected chi connectivity index (χ3v) is 6.14. The van der Waals surface area contributed by atoms with Gasteiger partial charge in [0.15, 0.2) is 0 Å². The molecule has 18 heavy (non-hydrogen) atoms. The zero-order valence-electron chi connectivity index (χ0n) is 12.3. The van der Waals surface area contributed by atoms with Crippen molar-refractivity contribution in [3.05, 3.63) is 0 Å². The minimum Gasteiger partial charge on any atom is -0.316 e. The summed E-state index contributed by atoms with van der Waals surface area (Å²) in [4.78, 5) is 2.87. The first-order valence-corrected chi connectivity index (χ1v) is 8.16. The van der Waals surface area contributed by atoms with Crippen LogP contribution in [0.2, 0.25) is 0 Å². The molecule has 2 saturated heterocycles. The van der Waals surface area contributed by atoms with Crippen molar-refractivity contribution < 1.29 is 0 Å². The highest BCUT2D eigenvalue weighted by Gasteiger charge is 2.43. The molecule has 0 bridgehead atoms. The van der Waals surface area contributed by atoms with Crippen LogP contribution < -0.4 is 5.32 Å². The van der Waals surface area contributed by atoms with Crippen LogP contribution in [0.3, 0.4) is 0 Å². The summed E-state index contributed by atoms with van der Waals surface area (Å²) in [5.74, 6) is 1.85. The molecule has 0 amide bonds. The maximum Gasteiger partial charge on any atom is 0.0124 e. The van der Waals surface area contributed by atoms with Crippen LogP contribution in [0, 0.1) is 17.3 Å². The summed E-state index contributed by atoms with van der Waals surface area (Å²) in [5.41, 5.74) is 0.562. The van der Waals surface area contributed by atoms with E-state index < -0.39 is 0 Å². The topological polar surface area (TPSA) is 15.3 Å². The van der Waals surface area contributed by atoms with Crippen LogP contribution >= 0.6 is 0 Å². The lowest BCUT2D eigenvalue weighted by Crippen LogP contribution is -2.46. The standard InChI is InChI=1S/C16H30N2/c1-13(2)16(8-9-17-11-16)12-18-10-7-14-5-3-4-6-15(14)18/h13-15,17H,3-12H2,1-2H3. The first-order valence-electron chi connectivity index (χ1n) is 8.16. The lowest BCUT2D eigenvalue weighted by molar-refractivity contribution is 0.0882. The van der Waals surface area contributed by atoms with Gasteiger partial charge in [-0.25, -0.2) is 0 Å². The average Bonchev–Trinajstić information content (AvgIpc) is 2.99. The number of hydrogen-bond donors (Lipinski definition) is 1. The Labute approximate surface area is 113 Å². The smallest absolute Gasteiger partial charge is 0.0124 e. The molecule has 3 aliphatic rings. The van der Waals surface area contributed by atoms with Gasteiger partial charge in [0, 0.05) is 19.1 Å². The van der Waals surface area contributed by atoms with Crippen LogP contribution in [0.4, 0.5) is 0 Å². The summed E-state index contributed by atoms with van der Waals surface area (Å²) in [7, 11) is 0. The molecule has 2 nitrogen and oxygen atoms in total. The van der Waals surface area contributed by atoms with Gasteiger partial charge in [0.05, 0.1) is 0 Å². The first-order chi connectivity index (χ1) is 8.71. The van der Waals surface area contributed by atoms with Gasteiger partial charge < -0.3 is 5.32 Å². The zero-order valence-corrected chi connectivity index (χ0v) is 12.3. The molecule has 1 N–H and O–H groups in total. The summed E-state index contributed by atoms with van der Waals surface area (Å²) >= 11 is 0. The van der Waals surface area contributed by atoms with E-state index in [4.69, 9.17) is 0 Å². The zero-order chi connectivity index (χ0) is 12.6. The van der Waals surface area contributed by atoms with Gasteiger partial charge in [0.2, 0.25) is 0 Å². The highest BCUT2D eigenvalue weighted by Crippen LogP contribution is 2.41. The molecule has 0 aromatic rings. The van der Waals surface area contributed by atoms with Gasteiger partial charge in [-0.3, -0.25) is 4.90 Å². The number of likely N-dealkylation sites (tertiary alicyclic amines) is 1. The molecule has 1 saturated carbocycles. The predicted molar refractivity (Wildman–Crippen MR) is 76.7 cm³/mol. The molecular weight excluding hydrogens is 220 g/mol. The number of nitrogens with one attached hydrogen (secondary N) is 1. The third-order valence-electron chi connectivity index (χ3n) is 6.14. The molecule has 3 rings (SSSR count). The number of nitrogens with zero attached hydrogens (tertiary/aromatic N) is 1. The minimum atomic E-state index is 0.562. The quantitative estimate of drug-likeness (QED) is 0.828. The Morgan fingerprint density at radius 2 is 2.06 bits per heavy atom. The maximum atomic E-state index is 3.61. The van der Waals surface area contributed by atoms with Crippen LogP contribution in [-0.2, 0) is 0 Å². The molecule has 104 valence electrons. The van der Waals surface area contributed by atoms with Gasteiger partial charge >= 0.3 is 0 Å². The van der Waals surface area contributed by atoms with E-state index in [0.29, 0.717) is 5.41 Å². The van der Waals surface area contributed by atoms with Gasteiger partial charge in [0.25, 0.3) is 0 Å². The van der Waals surface area contributed by atoms with E-state index in [1.807, 2.05) is 0 Å². The van der Waals surface area contributed by atoms with Gasteiger partial charge in [-0.15, -0.1) is 0 Å². The van der Waals surface area contributed by atoms with Crippen molar-refractivity contribution in [2.45, 2.75) is 58.4 Å². The van der Waals surface area contributed by atoms with E-state index in [0.717, 1.165) is 17.9 Å². The Hall–Kier alpha value is -0.0800. The Morgan fingerprint density at radius 1 is 1.22 bits per heavy atom.